The van der Waals surface area contributed by atoms with E-state index in [1.54, 1.807) is 13.8 Å². The van der Waals surface area contributed by atoms with Crippen molar-refractivity contribution in [2.45, 2.75) is 67.6 Å². The van der Waals surface area contributed by atoms with Crippen LogP contribution in [-0.2, 0) is 0 Å². The van der Waals surface area contributed by atoms with E-state index in [1.165, 1.54) is 0 Å². The Morgan fingerprint density at radius 1 is 0.667 bits per heavy atom. The van der Waals surface area contributed by atoms with Gasteiger partial charge in [0.15, 0.2) is 0 Å². The predicted octanol–water partition coefficient (Wildman–Crippen LogP) is 1.18. The van der Waals surface area contributed by atoms with Gasteiger partial charge in [-0.25, -0.2) is 0 Å². The van der Waals surface area contributed by atoms with Gasteiger partial charge in [0.25, 0.3) is 0 Å². The van der Waals surface area contributed by atoms with Gasteiger partial charge in [0.05, 0.1) is 0 Å². The van der Waals surface area contributed by atoms with Crippen molar-refractivity contribution in [3.63, 3.8) is 0 Å². The minimum Gasteiger partial charge on any atom is -0.852 e. The van der Waals surface area contributed by atoms with Crippen molar-refractivity contribution in [3.05, 3.63) is 0 Å². The monoisotopic (exact) mass is 226 g/mol. The molecule has 0 aliphatic heterocycles. The molecule has 0 aromatic heterocycles. The minimum atomic E-state index is -0.451. The summed E-state index contributed by atoms with van der Waals surface area (Å²) < 4.78 is 0. The molecule has 88 valence electrons. The molecule has 0 bridgehead atoms. The summed E-state index contributed by atoms with van der Waals surface area (Å²) in [5.41, 5.74) is -0.111. The Kier molecular flexibility index (Phi) is 11.0. The second-order valence-electron chi connectivity index (χ2n) is 6.02. The summed E-state index contributed by atoms with van der Waals surface area (Å²) in [5.74, 6) is 0. The van der Waals surface area contributed by atoms with Crippen molar-refractivity contribution in [1.29, 1.82) is 0 Å². The van der Waals surface area contributed by atoms with Crippen LogP contribution in [0.3, 0.4) is 0 Å². The van der Waals surface area contributed by atoms with Crippen LogP contribution in [0, 0.1) is 10.8 Å². The Hall–Kier alpha value is 0.686. The van der Waals surface area contributed by atoms with Crippen LogP contribution in [0.1, 0.15) is 55.4 Å². The fraction of sp³-hybridized carbons (Fsp3) is 1.00. The fourth-order valence-electron chi connectivity index (χ4n) is 0. The van der Waals surface area contributed by atoms with Crippen molar-refractivity contribution in [2.24, 2.45) is 10.8 Å². The molecular formula is C12H26MgO2. The van der Waals surface area contributed by atoms with E-state index in [2.05, 4.69) is 0 Å². The van der Waals surface area contributed by atoms with Gasteiger partial charge < -0.3 is 10.2 Å². The first-order valence-electron chi connectivity index (χ1n) is 5.20. The largest absolute Gasteiger partial charge is 2.00 e. The molecule has 0 aliphatic carbocycles. The number of hydrogen-bond donors (Lipinski definition) is 0. The first-order chi connectivity index (χ1) is 5.89. The molecule has 0 aromatic rings. The van der Waals surface area contributed by atoms with E-state index in [-0.39, 0.29) is 33.9 Å². The third-order valence-corrected chi connectivity index (χ3v) is 2.44. The van der Waals surface area contributed by atoms with Gasteiger partial charge in [-0.2, -0.15) is 0 Å². The van der Waals surface area contributed by atoms with Crippen LogP contribution >= 0.6 is 0 Å². The molecular weight excluding hydrogens is 200 g/mol. The van der Waals surface area contributed by atoms with Crippen LogP contribution in [0.2, 0.25) is 0 Å². The van der Waals surface area contributed by atoms with Crippen LogP contribution in [0.15, 0.2) is 0 Å². The zero-order valence-corrected chi connectivity index (χ0v) is 13.1. The Balaban J connectivity index is -0.000000180. The molecule has 3 heteroatoms. The molecule has 0 saturated carbocycles. The van der Waals surface area contributed by atoms with Crippen molar-refractivity contribution < 1.29 is 10.2 Å². The summed E-state index contributed by atoms with van der Waals surface area (Å²) in [4.78, 5) is 0. The molecule has 0 amide bonds. The van der Waals surface area contributed by atoms with Gasteiger partial charge in [-0.05, 0) is 0 Å². The smallest absolute Gasteiger partial charge is 0.852 e. The normalized spacial score (nSPS) is 15.6. The zero-order chi connectivity index (χ0) is 12.2. The maximum absolute atomic E-state index is 10.5. The molecule has 0 aromatic carbocycles. The molecule has 0 saturated heterocycles. The van der Waals surface area contributed by atoms with E-state index in [9.17, 15) is 10.2 Å². The Labute approximate surface area is 112 Å². The summed E-state index contributed by atoms with van der Waals surface area (Å²) in [6.45, 7) is 15.1. The zero-order valence-electron chi connectivity index (χ0n) is 11.7. The fourth-order valence-corrected chi connectivity index (χ4v) is 0. The second-order valence-corrected chi connectivity index (χ2v) is 6.02. The standard InChI is InChI=1S/2C6H13O.Mg/c2*1-5(7)6(2,3)4;/h2*5H,1-4H3;/q2*-1;+2. The molecule has 0 fully saturated rings. The van der Waals surface area contributed by atoms with Gasteiger partial charge in [-0.15, -0.1) is 12.2 Å². The Morgan fingerprint density at radius 2 is 0.733 bits per heavy atom. The molecule has 0 spiro atoms. The molecule has 2 atom stereocenters. The average Bonchev–Trinajstić information content (AvgIpc) is 1.83. The summed E-state index contributed by atoms with van der Waals surface area (Å²) in [7, 11) is 0. The minimum absolute atomic E-state index is 0. The maximum atomic E-state index is 10.5. The van der Waals surface area contributed by atoms with E-state index in [1.807, 2.05) is 41.5 Å². The summed E-state index contributed by atoms with van der Waals surface area (Å²) in [6, 6.07) is 0. The quantitative estimate of drug-likeness (QED) is 0.583. The number of rotatable bonds is 0. The molecule has 15 heavy (non-hydrogen) atoms. The third kappa shape index (κ3) is 14.7. The first-order valence-corrected chi connectivity index (χ1v) is 5.20. The van der Waals surface area contributed by atoms with E-state index in [0.29, 0.717) is 0 Å². The topological polar surface area (TPSA) is 46.1 Å². The van der Waals surface area contributed by atoms with Crippen molar-refractivity contribution in [1.82, 2.24) is 0 Å². The Morgan fingerprint density at radius 3 is 0.733 bits per heavy atom. The van der Waals surface area contributed by atoms with Gasteiger partial charge in [0.1, 0.15) is 0 Å². The third-order valence-electron chi connectivity index (χ3n) is 2.44. The van der Waals surface area contributed by atoms with Gasteiger partial charge in [0, 0.05) is 0 Å². The van der Waals surface area contributed by atoms with Crippen molar-refractivity contribution >= 4 is 23.1 Å². The molecule has 0 N–H and O–H groups in total. The molecule has 0 aliphatic rings. The Bertz CT molecular complexity index is 123. The summed E-state index contributed by atoms with van der Waals surface area (Å²) in [6.07, 6.45) is -0.903. The van der Waals surface area contributed by atoms with Gasteiger partial charge in [-0.1, -0.05) is 66.2 Å². The molecule has 0 rings (SSSR count). The van der Waals surface area contributed by atoms with Crippen LogP contribution in [0.25, 0.3) is 0 Å². The number of hydrogen-bond acceptors (Lipinski definition) is 2. The van der Waals surface area contributed by atoms with Gasteiger partial charge in [-0.3, -0.25) is 0 Å². The van der Waals surface area contributed by atoms with Crippen LogP contribution in [-0.4, -0.2) is 35.3 Å². The second kappa shape index (κ2) is 7.88. The molecule has 2 unspecified atom stereocenters. The molecule has 2 nitrogen and oxygen atoms in total. The SMILES string of the molecule is CC([O-])C(C)(C)C.CC([O-])C(C)(C)C.[Mg+2]. The first kappa shape index (κ1) is 21.0. The van der Waals surface area contributed by atoms with Crippen LogP contribution in [0.5, 0.6) is 0 Å². The van der Waals surface area contributed by atoms with Gasteiger partial charge >= 0.3 is 23.1 Å². The summed E-state index contributed by atoms with van der Waals surface area (Å²) >= 11 is 0. The average molecular weight is 227 g/mol. The van der Waals surface area contributed by atoms with Crippen molar-refractivity contribution in [2.75, 3.05) is 0 Å². The maximum Gasteiger partial charge on any atom is 2.00 e. The van der Waals surface area contributed by atoms with E-state index in [0.717, 1.165) is 0 Å². The molecule has 0 radical (unpaired) electrons. The van der Waals surface area contributed by atoms with Crippen molar-refractivity contribution in [3.8, 4) is 0 Å². The van der Waals surface area contributed by atoms with Crippen LogP contribution < -0.4 is 10.2 Å². The summed E-state index contributed by atoms with van der Waals surface area (Å²) in [5, 5.41) is 21.1. The predicted molar refractivity (Wildman–Crippen MR) is 63.6 cm³/mol. The van der Waals surface area contributed by atoms with E-state index >= 15 is 0 Å². The van der Waals surface area contributed by atoms with Crippen LogP contribution in [0.4, 0.5) is 0 Å². The van der Waals surface area contributed by atoms with Gasteiger partial charge in [0.2, 0.25) is 0 Å². The van der Waals surface area contributed by atoms with E-state index in [4.69, 9.17) is 0 Å². The van der Waals surface area contributed by atoms with E-state index < -0.39 is 12.2 Å². The molecule has 0 heterocycles.